The number of rotatable bonds is 6. The Bertz CT molecular complexity index is 1390. The van der Waals surface area contributed by atoms with Gasteiger partial charge >= 0.3 is 12.1 Å². The Morgan fingerprint density at radius 3 is 2.64 bits per heavy atom. The maximum Gasteiger partial charge on any atom is 0.433 e. The smallest absolute Gasteiger partial charge is 0.433 e. The van der Waals surface area contributed by atoms with Crippen LogP contribution in [0.15, 0.2) is 36.7 Å². The van der Waals surface area contributed by atoms with Crippen LogP contribution < -0.4 is 10.6 Å². The SMILES string of the molecule is Cc1cc(Nc2nccc(C(F)(F)F)n2)cc(-c2cnc(C3(O)CCC(NC(=O)[C@H]4CCC(=O)O4)CC3)s2)c1. The predicted molar refractivity (Wildman–Crippen MR) is 136 cm³/mol. The van der Waals surface area contributed by atoms with Crippen molar-refractivity contribution in [2.24, 2.45) is 0 Å². The summed E-state index contributed by atoms with van der Waals surface area (Å²) >= 11 is 1.34. The van der Waals surface area contributed by atoms with Gasteiger partial charge in [-0.2, -0.15) is 13.2 Å². The number of ether oxygens (including phenoxy) is 1. The third kappa shape index (κ3) is 6.19. The largest absolute Gasteiger partial charge is 0.452 e. The molecule has 2 aliphatic rings. The fourth-order valence-electron chi connectivity index (χ4n) is 4.78. The molecule has 1 saturated heterocycles. The number of aryl methyl sites for hydroxylation is 1. The quantitative estimate of drug-likeness (QED) is 0.372. The monoisotopic (exact) mass is 561 g/mol. The average Bonchev–Trinajstić information content (AvgIpc) is 3.55. The third-order valence-corrected chi connectivity index (χ3v) is 8.04. The number of cyclic esters (lactones) is 1. The topological polar surface area (TPSA) is 126 Å². The third-order valence-electron chi connectivity index (χ3n) is 6.80. The van der Waals surface area contributed by atoms with Gasteiger partial charge in [-0.25, -0.2) is 15.0 Å². The fourth-order valence-corrected chi connectivity index (χ4v) is 5.83. The number of aromatic nitrogens is 3. The van der Waals surface area contributed by atoms with Gasteiger partial charge < -0.3 is 20.5 Å². The summed E-state index contributed by atoms with van der Waals surface area (Å²) in [4.78, 5) is 36.3. The van der Waals surface area contributed by atoms with Crippen LogP contribution in [0.2, 0.25) is 0 Å². The van der Waals surface area contributed by atoms with Crippen molar-refractivity contribution in [3.05, 3.63) is 52.9 Å². The molecular weight excluding hydrogens is 535 g/mol. The van der Waals surface area contributed by atoms with Crippen LogP contribution in [-0.2, 0) is 26.1 Å². The number of alkyl halides is 3. The van der Waals surface area contributed by atoms with Crippen molar-refractivity contribution in [3.63, 3.8) is 0 Å². The Morgan fingerprint density at radius 2 is 1.95 bits per heavy atom. The first-order chi connectivity index (χ1) is 18.5. The van der Waals surface area contributed by atoms with Gasteiger partial charge in [-0.05, 0) is 61.9 Å². The summed E-state index contributed by atoms with van der Waals surface area (Å²) in [6.45, 7) is 1.86. The number of halogens is 3. The minimum Gasteiger partial charge on any atom is -0.452 e. The van der Waals surface area contributed by atoms with Crippen LogP contribution in [0.25, 0.3) is 10.4 Å². The highest BCUT2D eigenvalue weighted by Crippen LogP contribution is 2.41. The zero-order valence-electron chi connectivity index (χ0n) is 20.9. The first kappa shape index (κ1) is 27.0. The molecule has 0 radical (unpaired) electrons. The Morgan fingerprint density at radius 1 is 1.18 bits per heavy atom. The van der Waals surface area contributed by atoms with E-state index in [2.05, 4.69) is 25.6 Å². The lowest BCUT2D eigenvalue weighted by molar-refractivity contribution is -0.148. The zero-order chi connectivity index (χ0) is 27.8. The molecule has 0 spiro atoms. The second kappa shape index (κ2) is 10.5. The zero-order valence-corrected chi connectivity index (χ0v) is 21.7. The van der Waals surface area contributed by atoms with E-state index in [0.29, 0.717) is 42.8 Å². The van der Waals surface area contributed by atoms with Gasteiger partial charge in [0.25, 0.3) is 5.91 Å². The fraction of sp³-hybridized carbons (Fsp3) is 0.423. The average molecular weight is 562 g/mol. The number of aliphatic hydroxyl groups is 1. The molecule has 39 heavy (non-hydrogen) atoms. The normalized spacial score (nSPS) is 23.4. The number of nitrogens with one attached hydrogen (secondary N) is 2. The van der Waals surface area contributed by atoms with E-state index < -0.39 is 23.6 Å². The molecule has 1 saturated carbocycles. The van der Waals surface area contributed by atoms with Crippen LogP contribution in [0.4, 0.5) is 24.8 Å². The van der Waals surface area contributed by atoms with Crippen molar-refractivity contribution in [1.29, 1.82) is 0 Å². The summed E-state index contributed by atoms with van der Waals surface area (Å²) in [6.07, 6.45) is -0.0700. The number of nitrogens with zero attached hydrogens (tertiary/aromatic N) is 3. The molecule has 3 heterocycles. The summed E-state index contributed by atoms with van der Waals surface area (Å²) in [7, 11) is 0. The van der Waals surface area contributed by atoms with Crippen molar-refractivity contribution in [3.8, 4) is 10.4 Å². The number of esters is 1. The number of thiazole rings is 1. The number of anilines is 2. The molecule has 206 valence electrons. The second-order valence-electron chi connectivity index (χ2n) is 9.84. The van der Waals surface area contributed by atoms with E-state index in [-0.39, 0.29) is 30.3 Å². The second-order valence-corrected chi connectivity index (χ2v) is 10.9. The number of hydrogen-bond acceptors (Lipinski definition) is 9. The highest BCUT2D eigenvalue weighted by atomic mass is 32.1. The number of carbonyl (C=O) groups excluding carboxylic acids is 2. The minimum atomic E-state index is -4.58. The van der Waals surface area contributed by atoms with Crippen molar-refractivity contribution < 1.29 is 32.6 Å². The lowest BCUT2D eigenvalue weighted by Gasteiger charge is -2.35. The Labute approximate surface area is 225 Å². The molecule has 0 bridgehead atoms. The van der Waals surface area contributed by atoms with Crippen LogP contribution in [0.3, 0.4) is 0 Å². The summed E-state index contributed by atoms with van der Waals surface area (Å²) in [6, 6.07) is 6.14. The first-order valence-electron chi connectivity index (χ1n) is 12.5. The van der Waals surface area contributed by atoms with Gasteiger partial charge in [0.15, 0.2) is 6.10 Å². The van der Waals surface area contributed by atoms with Gasteiger partial charge in [-0.3, -0.25) is 9.59 Å². The summed E-state index contributed by atoms with van der Waals surface area (Å²) in [5.41, 5.74) is -0.0174. The molecule has 2 aromatic heterocycles. The Kier molecular flexibility index (Phi) is 7.29. The highest BCUT2D eigenvalue weighted by Gasteiger charge is 2.39. The van der Waals surface area contributed by atoms with E-state index in [1.54, 1.807) is 18.3 Å². The maximum absolute atomic E-state index is 13.0. The molecule has 0 unspecified atom stereocenters. The molecule has 1 aliphatic carbocycles. The lowest BCUT2D eigenvalue weighted by Crippen LogP contribution is -2.45. The summed E-state index contributed by atoms with van der Waals surface area (Å²) in [5, 5.41) is 17.7. The van der Waals surface area contributed by atoms with Gasteiger partial charge in [0.05, 0.1) is 4.88 Å². The molecule has 1 amide bonds. The van der Waals surface area contributed by atoms with Crippen LogP contribution in [0.5, 0.6) is 0 Å². The molecule has 1 atom stereocenters. The van der Waals surface area contributed by atoms with Gasteiger partial charge in [-0.1, -0.05) is 6.07 Å². The standard InChI is InChI=1S/C26H26F3N5O4S/c1-14-10-15(12-17(11-14)33-24-30-9-6-20(34-24)26(27,28)29)19-13-31-23(39-19)25(37)7-4-16(5-8-25)32-22(36)18-2-3-21(35)38-18/h6,9-13,16,18,37H,2-5,7-8H2,1H3,(H,32,36)(H,30,33,34)/t16?,18-,25?/m1/s1. The Balaban J connectivity index is 1.25. The molecule has 13 heteroatoms. The number of amides is 1. The summed E-state index contributed by atoms with van der Waals surface area (Å²) in [5.74, 6) is -0.837. The molecule has 1 aliphatic heterocycles. The number of benzene rings is 1. The van der Waals surface area contributed by atoms with Gasteiger partial charge in [0, 0.05) is 37.0 Å². The van der Waals surface area contributed by atoms with Gasteiger partial charge in [0.1, 0.15) is 16.3 Å². The number of hydrogen-bond donors (Lipinski definition) is 3. The molecule has 3 N–H and O–H groups in total. The van der Waals surface area contributed by atoms with Crippen LogP contribution in [-0.4, -0.2) is 44.1 Å². The highest BCUT2D eigenvalue weighted by molar-refractivity contribution is 7.15. The van der Waals surface area contributed by atoms with Crippen LogP contribution >= 0.6 is 11.3 Å². The van der Waals surface area contributed by atoms with E-state index in [1.165, 1.54) is 11.3 Å². The van der Waals surface area contributed by atoms with E-state index in [9.17, 15) is 27.9 Å². The minimum absolute atomic E-state index is 0.125. The molecule has 5 rings (SSSR count). The van der Waals surface area contributed by atoms with Gasteiger partial charge in [-0.15, -0.1) is 11.3 Å². The lowest BCUT2D eigenvalue weighted by atomic mass is 9.82. The van der Waals surface area contributed by atoms with Gasteiger partial charge in [0.2, 0.25) is 5.95 Å². The van der Waals surface area contributed by atoms with E-state index in [0.717, 1.165) is 28.3 Å². The first-order valence-corrected chi connectivity index (χ1v) is 13.3. The molecule has 3 aromatic rings. The van der Waals surface area contributed by atoms with Crippen molar-refractivity contribution in [2.75, 3.05) is 5.32 Å². The predicted octanol–water partition coefficient (Wildman–Crippen LogP) is 4.62. The molecule has 1 aromatic carbocycles. The van der Waals surface area contributed by atoms with Crippen molar-refractivity contribution in [2.45, 2.75) is 69.4 Å². The number of carbonyl (C=O) groups is 2. The Hall–Kier alpha value is -3.58. The molecular formula is C26H26F3N5O4S. The molecule has 9 nitrogen and oxygen atoms in total. The summed E-state index contributed by atoms with van der Waals surface area (Å²) < 4.78 is 44.1. The van der Waals surface area contributed by atoms with Crippen LogP contribution in [0.1, 0.15) is 54.8 Å². The van der Waals surface area contributed by atoms with Crippen LogP contribution in [0, 0.1) is 6.92 Å². The maximum atomic E-state index is 13.0. The van der Waals surface area contributed by atoms with Crippen molar-refractivity contribution in [1.82, 2.24) is 20.3 Å². The van der Waals surface area contributed by atoms with E-state index in [1.807, 2.05) is 13.0 Å². The van der Waals surface area contributed by atoms with E-state index in [4.69, 9.17) is 4.74 Å². The van der Waals surface area contributed by atoms with E-state index >= 15 is 0 Å². The van der Waals surface area contributed by atoms with Crippen molar-refractivity contribution >= 4 is 34.8 Å². The molecule has 2 fully saturated rings.